The highest BCUT2D eigenvalue weighted by Crippen LogP contribution is 2.35. The Morgan fingerprint density at radius 1 is 1.29 bits per heavy atom. The third kappa shape index (κ3) is 5.31. The lowest BCUT2D eigenvalue weighted by molar-refractivity contribution is -0.107. The molecule has 184 valence electrons. The molecule has 7 nitrogen and oxygen atoms in total. The molecule has 2 aromatic rings. The van der Waals surface area contributed by atoms with Gasteiger partial charge in [0.15, 0.2) is 0 Å². The van der Waals surface area contributed by atoms with Crippen LogP contribution in [0.25, 0.3) is 10.9 Å². The summed E-state index contributed by atoms with van der Waals surface area (Å²) in [5.41, 5.74) is 3.24. The minimum Gasteiger partial charge on any atom is -0.381 e. The molecule has 0 bridgehead atoms. The molecule has 3 atom stereocenters. The van der Waals surface area contributed by atoms with E-state index in [0.29, 0.717) is 12.6 Å². The molecule has 1 saturated carbocycles. The summed E-state index contributed by atoms with van der Waals surface area (Å²) in [6.07, 6.45) is 6.05. The lowest BCUT2D eigenvalue weighted by atomic mass is 9.98. The SMILES string of the molecule is CC(C1CSC(c2cc3cc(Cl)cc(NC4CCCC4)c3[nH]2)=N1)C(NCC=O)N1CCOCC1. The standard InChI is InChI=1S/C25H34ClN5O2S/c1-16(24(27-6-9-32)31-7-10-33-11-8-31)22-15-34-25(30-22)21-13-17-12-18(26)14-20(23(17)29-21)28-19-4-2-3-5-19/h9,12-14,16,19,22,24,27-29H,2-8,10-11,15H2,1H3. The summed E-state index contributed by atoms with van der Waals surface area (Å²) < 4.78 is 5.53. The van der Waals surface area contributed by atoms with Crippen molar-refractivity contribution in [1.82, 2.24) is 15.2 Å². The first-order chi connectivity index (χ1) is 16.6. The van der Waals surface area contributed by atoms with Gasteiger partial charge in [0, 0.05) is 41.2 Å². The van der Waals surface area contributed by atoms with Crippen molar-refractivity contribution in [2.75, 3.05) is 43.9 Å². The van der Waals surface area contributed by atoms with E-state index in [0.717, 1.165) is 70.7 Å². The highest BCUT2D eigenvalue weighted by atomic mass is 35.5. The first-order valence-corrected chi connectivity index (χ1v) is 13.8. The minimum atomic E-state index is 0.103. The molecular weight excluding hydrogens is 470 g/mol. The van der Waals surface area contributed by atoms with Crippen molar-refractivity contribution in [2.24, 2.45) is 10.9 Å². The van der Waals surface area contributed by atoms with E-state index in [1.807, 2.05) is 12.1 Å². The second kappa shape index (κ2) is 11.0. The van der Waals surface area contributed by atoms with Gasteiger partial charge in [-0.05, 0) is 31.0 Å². The highest BCUT2D eigenvalue weighted by Gasteiger charge is 2.34. The number of halogens is 1. The number of fused-ring (bicyclic) bond motifs is 1. The smallest absolute Gasteiger partial charge is 0.133 e. The number of benzene rings is 1. The molecule has 3 aliphatic rings. The Morgan fingerprint density at radius 3 is 2.85 bits per heavy atom. The molecule has 3 heterocycles. The number of hydrogen-bond acceptors (Lipinski definition) is 7. The van der Waals surface area contributed by atoms with Gasteiger partial charge in [-0.3, -0.25) is 15.2 Å². The fourth-order valence-corrected chi connectivity index (χ4v) is 6.82. The number of carbonyl (C=O) groups excluding carboxylic acids is 1. The van der Waals surface area contributed by atoms with Gasteiger partial charge >= 0.3 is 0 Å². The van der Waals surface area contributed by atoms with Gasteiger partial charge in [-0.25, -0.2) is 0 Å². The molecule has 0 spiro atoms. The minimum absolute atomic E-state index is 0.103. The number of rotatable bonds is 9. The lowest BCUT2D eigenvalue weighted by Gasteiger charge is -2.39. The molecule has 1 aromatic carbocycles. The fraction of sp³-hybridized carbons (Fsp3) is 0.600. The van der Waals surface area contributed by atoms with Crippen molar-refractivity contribution in [3.63, 3.8) is 0 Å². The summed E-state index contributed by atoms with van der Waals surface area (Å²) in [6, 6.07) is 6.92. The van der Waals surface area contributed by atoms with Gasteiger partial charge in [-0.1, -0.05) is 31.4 Å². The van der Waals surface area contributed by atoms with Gasteiger partial charge in [-0.2, -0.15) is 0 Å². The van der Waals surface area contributed by atoms with E-state index in [4.69, 9.17) is 21.3 Å². The third-order valence-corrected chi connectivity index (χ3v) is 8.59. The second-order valence-corrected chi connectivity index (χ2v) is 11.0. The van der Waals surface area contributed by atoms with Crippen LogP contribution in [0.4, 0.5) is 5.69 Å². The molecule has 1 aromatic heterocycles. The number of nitrogens with one attached hydrogen (secondary N) is 3. The van der Waals surface area contributed by atoms with Gasteiger partial charge in [0.05, 0.1) is 48.9 Å². The molecule has 0 radical (unpaired) electrons. The number of aliphatic imine (C=N–C) groups is 1. The number of aromatic nitrogens is 1. The number of morpholine rings is 1. The summed E-state index contributed by atoms with van der Waals surface area (Å²) in [5.74, 6) is 1.20. The van der Waals surface area contributed by atoms with Gasteiger partial charge in [0.1, 0.15) is 11.3 Å². The predicted molar refractivity (Wildman–Crippen MR) is 141 cm³/mol. The Bertz CT molecular complexity index is 1030. The summed E-state index contributed by atoms with van der Waals surface area (Å²) >= 11 is 8.26. The van der Waals surface area contributed by atoms with E-state index in [9.17, 15) is 4.79 Å². The number of thioether (sulfide) groups is 1. The van der Waals surface area contributed by atoms with Crippen molar-refractivity contribution >= 4 is 51.3 Å². The zero-order valence-corrected chi connectivity index (χ0v) is 21.3. The second-order valence-electron chi connectivity index (χ2n) is 9.57. The summed E-state index contributed by atoms with van der Waals surface area (Å²) in [4.78, 5) is 22.2. The van der Waals surface area contributed by atoms with Crippen LogP contribution in [-0.4, -0.2) is 78.1 Å². The van der Waals surface area contributed by atoms with Crippen molar-refractivity contribution < 1.29 is 9.53 Å². The molecular formula is C25H34ClN5O2S. The van der Waals surface area contributed by atoms with Gasteiger partial charge in [0.25, 0.3) is 0 Å². The number of anilines is 1. The largest absolute Gasteiger partial charge is 0.381 e. The van der Waals surface area contributed by atoms with Gasteiger partial charge in [0.2, 0.25) is 0 Å². The number of aromatic amines is 1. The third-order valence-electron chi connectivity index (χ3n) is 7.27. The van der Waals surface area contributed by atoms with Crippen molar-refractivity contribution in [1.29, 1.82) is 0 Å². The van der Waals surface area contributed by atoms with E-state index in [2.05, 4.69) is 33.5 Å². The Balaban J connectivity index is 1.36. The lowest BCUT2D eigenvalue weighted by Crippen LogP contribution is -2.56. The molecule has 34 heavy (non-hydrogen) atoms. The maximum atomic E-state index is 11.1. The van der Waals surface area contributed by atoms with Crippen LogP contribution in [0.5, 0.6) is 0 Å². The maximum Gasteiger partial charge on any atom is 0.133 e. The van der Waals surface area contributed by atoms with Crippen LogP contribution in [-0.2, 0) is 9.53 Å². The summed E-state index contributed by atoms with van der Waals surface area (Å²) in [7, 11) is 0. The van der Waals surface area contributed by atoms with Crippen molar-refractivity contribution in [3.05, 3.63) is 28.9 Å². The number of aldehydes is 1. The van der Waals surface area contributed by atoms with Crippen molar-refractivity contribution in [2.45, 2.75) is 50.9 Å². The quantitative estimate of drug-likeness (QED) is 0.446. The number of ether oxygens (including phenoxy) is 1. The summed E-state index contributed by atoms with van der Waals surface area (Å²) in [6.45, 7) is 5.80. The molecule has 9 heteroatoms. The monoisotopic (exact) mass is 503 g/mol. The highest BCUT2D eigenvalue weighted by molar-refractivity contribution is 8.14. The molecule has 5 rings (SSSR count). The van der Waals surface area contributed by atoms with Crippen molar-refractivity contribution in [3.8, 4) is 0 Å². The van der Waals surface area contributed by atoms with Crippen LogP contribution in [0.3, 0.4) is 0 Å². The average Bonchev–Trinajstić information content (AvgIpc) is 3.60. The van der Waals surface area contributed by atoms with Crippen LogP contribution in [0.1, 0.15) is 38.3 Å². The topological polar surface area (TPSA) is 81.8 Å². The van der Waals surface area contributed by atoms with E-state index in [1.54, 1.807) is 11.8 Å². The molecule has 2 fully saturated rings. The maximum absolute atomic E-state index is 11.1. The number of carbonyl (C=O) groups is 1. The Labute approximate surface area is 210 Å². The Morgan fingerprint density at radius 2 is 2.09 bits per heavy atom. The molecule has 3 unspecified atom stereocenters. The normalized spacial score (nSPS) is 23.8. The molecule has 1 saturated heterocycles. The fourth-order valence-electron chi connectivity index (χ4n) is 5.42. The number of nitrogens with zero attached hydrogens (tertiary/aromatic N) is 2. The molecule has 0 amide bonds. The predicted octanol–water partition coefficient (Wildman–Crippen LogP) is 4.12. The van der Waals surface area contributed by atoms with E-state index < -0.39 is 0 Å². The average molecular weight is 504 g/mol. The van der Waals surface area contributed by atoms with Gasteiger partial charge in [-0.15, -0.1) is 11.8 Å². The first-order valence-electron chi connectivity index (χ1n) is 12.4. The molecule has 3 N–H and O–H groups in total. The molecule has 1 aliphatic carbocycles. The van der Waals surface area contributed by atoms with Crippen LogP contribution in [0, 0.1) is 5.92 Å². The van der Waals surface area contributed by atoms with Crippen LogP contribution >= 0.6 is 23.4 Å². The zero-order chi connectivity index (χ0) is 23.5. The number of hydrogen-bond donors (Lipinski definition) is 3. The first kappa shape index (κ1) is 24.1. The molecule has 2 aliphatic heterocycles. The van der Waals surface area contributed by atoms with Crippen LogP contribution < -0.4 is 10.6 Å². The summed E-state index contributed by atoms with van der Waals surface area (Å²) in [5, 5.41) is 10.1. The van der Waals surface area contributed by atoms with Gasteiger partial charge < -0.3 is 19.8 Å². The van der Waals surface area contributed by atoms with Crippen LogP contribution in [0.2, 0.25) is 5.02 Å². The zero-order valence-electron chi connectivity index (χ0n) is 19.7. The Kier molecular flexibility index (Phi) is 7.80. The van der Waals surface area contributed by atoms with E-state index >= 15 is 0 Å². The van der Waals surface area contributed by atoms with Crippen LogP contribution in [0.15, 0.2) is 23.2 Å². The van der Waals surface area contributed by atoms with E-state index in [1.165, 1.54) is 25.7 Å². The Hall–Kier alpha value is -1.58. The number of H-pyrrole nitrogens is 1. The van der Waals surface area contributed by atoms with E-state index in [-0.39, 0.29) is 18.1 Å².